The fourth-order valence-corrected chi connectivity index (χ4v) is 3.33. The first-order chi connectivity index (χ1) is 7.65. The zero-order chi connectivity index (χ0) is 11.5. The summed E-state index contributed by atoms with van der Waals surface area (Å²) in [6.07, 6.45) is 6.49. The largest absolute Gasteiger partial charge is 0.328 e. The van der Waals surface area contributed by atoms with E-state index < -0.39 is 0 Å². The van der Waals surface area contributed by atoms with Gasteiger partial charge in [0.05, 0.1) is 0 Å². The van der Waals surface area contributed by atoms with Crippen molar-refractivity contribution in [2.45, 2.75) is 44.2 Å². The molecular formula is C13H27N3. The van der Waals surface area contributed by atoms with Crippen LogP contribution in [0.15, 0.2) is 0 Å². The van der Waals surface area contributed by atoms with Gasteiger partial charge in [-0.25, -0.2) is 0 Å². The summed E-state index contributed by atoms with van der Waals surface area (Å²) < 4.78 is 0. The maximum Gasteiger partial charge on any atom is 0.0107 e. The van der Waals surface area contributed by atoms with Gasteiger partial charge in [0.2, 0.25) is 0 Å². The second-order valence-electron chi connectivity index (χ2n) is 5.94. The van der Waals surface area contributed by atoms with E-state index in [4.69, 9.17) is 5.73 Å². The summed E-state index contributed by atoms with van der Waals surface area (Å²) >= 11 is 0. The Hall–Kier alpha value is -0.120. The fourth-order valence-electron chi connectivity index (χ4n) is 3.33. The van der Waals surface area contributed by atoms with Gasteiger partial charge in [-0.3, -0.25) is 0 Å². The lowest BCUT2D eigenvalue weighted by Crippen LogP contribution is -2.42. The van der Waals surface area contributed by atoms with Crippen LogP contribution in [0.25, 0.3) is 0 Å². The van der Waals surface area contributed by atoms with Crippen molar-refractivity contribution in [3.8, 4) is 0 Å². The molecule has 2 rings (SSSR count). The minimum Gasteiger partial charge on any atom is -0.328 e. The first kappa shape index (κ1) is 12.3. The lowest BCUT2D eigenvalue weighted by Gasteiger charge is -2.35. The Morgan fingerprint density at radius 3 is 2.75 bits per heavy atom. The summed E-state index contributed by atoms with van der Waals surface area (Å²) in [6.45, 7) is 3.83. The van der Waals surface area contributed by atoms with Gasteiger partial charge in [0.25, 0.3) is 0 Å². The third-order valence-corrected chi connectivity index (χ3v) is 4.35. The molecule has 1 aliphatic carbocycles. The van der Waals surface area contributed by atoms with Gasteiger partial charge in [-0.1, -0.05) is 6.42 Å². The molecule has 3 unspecified atom stereocenters. The van der Waals surface area contributed by atoms with Crippen LogP contribution in [0.4, 0.5) is 0 Å². The standard InChI is InChI=1S/C13H27N3/c1-15-7-6-11(9-15)10-16(2)13-5-3-4-12(14)8-13/h11-13H,3-10,14H2,1-2H3. The maximum absolute atomic E-state index is 6.06. The molecule has 2 fully saturated rings. The molecule has 0 aromatic heterocycles. The van der Waals surface area contributed by atoms with Crippen LogP contribution in [0, 0.1) is 5.92 Å². The van der Waals surface area contributed by atoms with Crippen LogP contribution in [0.3, 0.4) is 0 Å². The molecule has 0 amide bonds. The van der Waals surface area contributed by atoms with Crippen molar-refractivity contribution in [3.63, 3.8) is 0 Å². The van der Waals surface area contributed by atoms with Crippen molar-refractivity contribution < 1.29 is 0 Å². The lowest BCUT2D eigenvalue weighted by atomic mass is 9.90. The average Bonchev–Trinajstić information content (AvgIpc) is 2.64. The summed E-state index contributed by atoms with van der Waals surface area (Å²) in [5.74, 6) is 0.883. The van der Waals surface area contributed by atoms with Crippen LogP contribution in [0.5, 0.6) is 0 Å². The number of hydrogen-bond acceptors (Lipinski definition) is 3. The Morgan fingerprint density at radius 2 is 2.12 bits per heavy atom. The highest BCUT2D eigenvalue weighted by Gasteiger charge is 2.26. The molecule has 0 aromatic carbocycles. The average molecular weight is 225 g/mol. The molecule has 3 heteroatoms. The zero-order valence-corrected chi connectivity index (χ0v) is 10.9. The third-order valence-electron chi connectivity index (χ3n) is 4.35. The van der Waals surface area contributed by atoms with Crippen LogP contribution >= 0.6 is 0 Å². The van der Waals surface area contributed by atoms with Crippen LogP contribution in [-0.4, -0.2) is 55.6 Å². The molecule has 0 radical (unpaired) electrons. The van der Waals surface area contributed by atoms with Gasteiger partial charge in [-0.15, -0.1) is 0 Å². The molecule has 0 aromatic rings. The van der Waals surface area contributed by atoms with Crippen LogP contribution < -0.4 is 5.73 Å². The number of nitrogens with zero attached hydrogens (tertiary/aromatic N) is 2. The monoisotopic (exact) mass is 225 g/mol. The van der Waals surface area contributed by atoms with E-state index in [1.807, 2.05) is 0 Å². The number of likely N-dealkylation sites (tertiary alicyclic amines) is 1. The highest BCUT2D eigenvalue weighted by Crippen LogP contribution is 2.23. The Balaban J connectivity index is 1.76. The minimum atomic E-state index is 0.451. The van der Waals surface area contributed by atoms with Crippen molar-refractivity contribution in [2.75, 3.05) is 33.7 Å². The van der Waals surface area contributed by atoms with Crippen molar-refractivity contribution in [3.05, 3.63) is 0 Å². The molecule has 0 bridgehead atoms. The summed E-state index contributed by atoms with van der Waals surface area (Å²) in [6, 6.07) is 1.20. The van der Waals surface area contributed by atoms with Crippen LogP contribution in [-0.2, 0) is 0 Å². The second kappa shape index (κ2) is 5.48. The Bertz CT molecular complexity index is 219. The molecule has 3 atom stereocenters. The summed E-state index contributed by atoms with van der Waals surface area (Å²) in [4.78, 5) is 5.02. The summed E-state index contributed by atoms with van der Waals surface area (Å²) in [5.41, 5.74) is 6.06. The van der Waals surface area contributed by atoms with Crippen LogP contribution in [0.2, 0.25) is 0 Å². The van der Waals surface area contributed by atoms with Crippen molar-refractivity contribution >= 4 is 0 Å². The molecule has 0 spiro atoms. The normalized spacial score (nSPS) is 37.1. The lowest BCUT2D eigenvalue weighted by molar-refractivity contribution is 0.158. The Labute approximate surface area is 100.0 Å². The minimum absolute atomic E-state index is 0.451. The smallest absolute Gasteiger partial charge is 0.0107 e. The van der Waals surface area contributed by atoms with E-state index in [1.165, 1.54) is 51.7 Å². The third kappa shape index (κ3) is 3.19. The highest BCUT2D eigenvalue weighted by atomic mass is 15.2. The number of hydrogen-bond donors (Lipinski definition) is 1. The molecule has 2 aliphatic rings. The van der Waals surface area contributed by atoms with Crippen molar-refractivity contribution in [2.24, 2.45) is 11.7 Å². The van der Waals surface area contributed by atoms with Gasteiger partial charge in [-0.05, 0) is 52.2 Å². The van der Waals surface area contributed by atoms with Gasteiger partial charge in [-0.2, -0.15) is 0 Å². The number of rotatable bonds is 3. The molecule has 2 N–H and O–H groups in total. The molecule has 94 valence electrons. The molecular weight excluding hydrogens is 198 g/mol. The summed E-state index contributed by atoms with van der Waals surface area (Å²) in [5, 5.41) is 0. The molecule has 1 saturated carbocycles. The first-order valence-corrected chi connectivity index (χ1v) is 6.79. The van der Waals surface area contributed by atoms with Crippen molar-refractivity contribution in [1.82, 2.24) is 9.80 Å². The Kier molecular flexibility index (Phi) is 4.22. The zero-order valence-electron chi connectivity index (χ0n) is 10.9. The molecule has 1 saturated heterocycles. The maximum atomic E-state index is 6.06. The topological polar surface area (TPSA) is 32.5 Å². The summed E-state index contributed by atoms with van der Waals surface area (Å²) in [7, 11) is 4.53. The predicted octanol–water partition coefficient (Wildman–Crippen LogP) is 1.14. The van der Waals surface area contributed by atoms with Gasteiger partial charge in [0, 0.05) is 25.2 Å². The molecule has 1 heterocycles. The van der Waals surface area contributed by atoms with Crippen molar-refractivity contribution in [1.29, 1.82) is 0 Å². The van der Waals surface area contributed by atoms with Gasteiger partial charge >= 0.3 is 0 Å². The molecule has 1 aliphatic heterocycles. The van der Waals surface area contributed by atoms with Gasteiger partial charge in [0.15, 0.2) is 0 Å². The SMILES string of the molecule is CN1CCC(CN(C)C2CCCC(N)C2)C1. The van der Waals surface area contributed by atoms with Crippen LogP contribution in [0.1, 0.15) is 32.1 Å². The first-order valence-electron chi connectivity index (χ1n) is 6.79. The number of nitrogens with two attached hydrogens (primary N) is 1. The second-order valence-corrected chi connectivity index (χ2v) is 5.94. The van der Waals surface area contributed by atoms with Gasteiger partial charge in [0.1, 0.15) is 0 Å². The van der Waals surface area contributed by atoms with E-state index in [2.05, 4.69) is 23.9 Å². The van der Waals surface area contributed by atoms with E-state index >= 15 is 0 Å². The van der Waals surface area contributed by atoms with E-state index in [1.54, 1.807) is 0 Å². The van der Waals surface area contributed by atoms with E-state index in [-0.39, 0.29) is 0 Å². The van der Waals surface area contributed by atoms with E-state index in [0.29, 0.717) is 6.04 Å². The van der Waals surface area contributed by atoms with Gasteiger partial charge < -0.3 is 15.5 Å². The quantitative estimate of drug-likeness (QED) is 0.782. The Morgan fingerprint density at radius 1 is 1.31 bits per heavy atom. The molecule has 16 heavy (non-hydrogen) atoms. The fraction of sp³-hybridized carbons (Fsp3) is 1.00. The van der Waals surface area contributed by atoms with E-state index in [9.17, 15) is 0 Å². The van der Waals surface area contributed by atoms with E-state index in [0.717, 1.165) is 12.0 Å². The molecule has 3 nitrogen and oxygen atoms in total. The predicted molar refractivity (Wildman–Crippen MR) is 68.5 cm³/mol. The highest BCUT2D eigenvalue weighted by molar-refractivity contribution is 4.83.